The number of benzene rings is 2. The van der Waals surface area contributed by atoms with Gasteiger partial charge in [-0.25, -0.2) is 14.8 Å². The van der Waals surface area contributed by atoms with Gasteiger partial charge in [0.15, 0.2) is 5.82 Å². The van der Waals surface area contributed by atoms with Crippen molar-refractivity contribution in [2.75, 3.05) is 43.1 Å². The molecule has 242 valence electrons. The third-order valence-electron chi connectivity index (χ3n) is 7.37. The van der Waals surface area contributed by atoms with Gasteiger partial charge >= 0.3 is 6.09 Å². The summed E-state index contributed by atoms with van der Waals surface area (Å²) in [5.74, 6) is 2.78. The highest BCUT2D eigenvalue weighted by Crippen LogP contribution is 2.31. The van der Waals surface area contributed by atoms with Crippen LogP contribution in [0.2, 0.25) is 0 Å². The van der Waals surface area contributed by atoms with Crippen LogP contribution in [0.1, 0.15) is 51.4 Å². The third kappa shape index (κ3) is 8.51. The Labute approximate surface area is 271 Å². The Balaban J connectivity index is 0.00000204. The first-order valence-electron chi connectivity index (χ1n) is 16.0. The van der Waals surface area contributed by atoms with Crippen molar-refractivity contribution in [1.82, 2.24) is 19.9 Å². The lowest BCUT2D eigenvalue weighted by Crippen LogP contribution is -2.42. The minimum absolute atomic E-state index is 0.324. The molecule has 46 heavy (non-hydrogen) atoms. The minimum Gasteiger partial charge on any atom is -0.473 e. The fourth-order valence-electron chi connectivity index (χ4n) is 5.21. The van der Waals surface area contributed by atoms with E-state index in [0.717, 1.165) is 47.0 Å². The number of nitrogens with zero attached hydrogens (tertiary/aromatic N) is 5. The Kier molecular flexibility index (Phi) is 10.7. The number of amides is 1. The smallest absolute Gasteiger partial charge is 0.410 e. The molecule has 0 saturated carbocycles. The monoisotopic (exact) mass is 624 g/mol. The SMILES string of the molecule is CC.CC(C)(C)OC(=O)N1CCc2c(nc(-c3ccc(Nc4cccc(OCc5ccccc5)n4)cc3)nc2N2CCOCC2)C1. The summed E-state index contributed by atoms with van der Waals surface area (Å²) in [4.78, 5) is 31.5. The largest absolute Gasteiger partial charge is 0.473 e. The molecule has 2 aliphatic heterocycles. The number of nitrogens with one attached hydrogen (secondary N) is 1. The zero-order valence-corrected chi connectivity index (χ0v) is 27.5. The van der Waals surface area contributed by atoms with Crippen LogP contribution in [0.3, 0.4) is 0 Å². The van der Waals surface area contributed by atoms with Crippen molar-refractivity contribution >= 4 is 23.4 Å². The van der Waals surface area contributed by atoms with Gasteiger partial charge in [-0.2, -0.15) is 4.98 Å². The minimum atomic E-state index is -0.561. The maximum atomic E-state index is 12.9. The molecule has 0 atom stereocenters. The molecule has 6 rings (SSSR count). The Morgan fingerprint density at radius 3 is 2.35 bits per heavy atom. The molecule has 0 unspecified atom stereocenters. The van der Waals surface area contributed by atoms with E-state index < -0.39 is 5.60 Å². The maximum absolute atomic E-state index is 12.9. The summed E-state index contributed by atoms with van der Waals surface area (Å²) in [5.41, 5.74) is 4.23. The number of aromatic nitrogens is 3. The molecule has 10 nitrogen and oxygen atoms in total. The van der Waals surface area contributed by atoms with Crippen LogP contribution >= 0.6 is 0 Å². The molecule has 0 aliphatic carbocycles. The molecule has 4 aromatic rings. The molecule has 1 amide bonds. The van der Waals surface area contributed by atoms with Crippen molar-refractivity contribution in [3.8, 4) is 17.3 Å². The molecule has 2 aromatic heterocycles. The topological polar surface area (TPSA) is 102 Å². The van der Waals surface area contributed by atoms with Crippen molar-refractivity contribution in [1.29, 1.82) is 0 Å². The average Bonchev–Trinajstić information content (AvgIpc) is 3.08. The van der Waals surface area contributed by atoms with Gasteiger partial charge in [0, 0.05) is 42.5 Å². The van der Waals surface area contributed by atoms with Gasteiger partial charge < -0.3 is 29.3 Å². The van der Waals surface area contributed by atoms with Crippen LogP contribution in [-0.2, 0) is 29.0 Å². The number of ether oxygens (including phenoxy) is 3. The van der Waals surface area contributed by atoms with E-state index in [4.69, 9.17) is 24.2 Å². The highest BCUT2D eigenvalue weighted by Gasteiger charge is 2.30. The molecule has 1 fully saturated rings. The van der Waals surface area contributed by atoms with Gasteiger partial charge in [-0.15, -0.1) is 0 Å². The van der Waals surface area contributed by atoms with Crippen molar-refractivity contribution < 1.29 is 19.0 Å². The first-order chi connectivity index (χ1) is 22.3. The third-order valence-corrected chi connectivity index (χ3v) is 7.37. The first kappa shape index (κ1) is 32.7. The summed E-state index contributed by atoms with van der Waals surface area (Å²) >= 11 is 0. The molecular formula is C36H44N6O4. The van der Waals surface area contributed by atoms with Gasteiger partial charge in [-0.1, -0.05) is 50.2 Å². The molecule has 2 aromatic carbocycles. The number of rotatable bonds is 7. The van der Waals surface area contributed by atoms with Gasteiger partial charge in [-0.3, -0.25) is 0 Å². The standard InChI is InChI=1S/C34H38N6O4.C2H6/c1-34(2,3)44-33(41)40-17-16-27-28(22-40)36-31(38-32(27)39-18-20-42-21-19-39)25-12-14-26(15-13-25)35-29-10-7-11-30(37-29)43-23-24-8-5-4-6-9-24;1-2/h4-15H,16-23H2,1-3H3,(H,35,37);1-2H3. The summed E-state index contributed by atoms with van der Waals surface area (Å²) in [6.07, 6.45) is 0.348. The second-order valence-corrected chi connectivity index (χ2v) is 11.9. The molecule has 0 bridgehead atoms. The van der Waals surface area contributed by atoms with Gasteiger partial charge in [0.25, 0.3) is 0 Å². The lowest BCUT2D eigenvalue weighted by Gasteiger charge is -2.34. The number of carbonyl (C=O) groups excluding carboxylic acids is 1. The summed E-state index contributed by atoms with van der Waals surface area (Å²) < 4.78 is 17.1. The van der Waals surface area contributed by atoms with Gasteiger partial charge in [0.1, 0.15) is 23.8 Å². The quantitative estimate of drug-likeness (QED) is 0.232. The molecule has 0 radical (unpaired) electrons. The molecule has 1 N–H and O–H groups in total. The van der Waals surface area contributed by atoms with Crippen LogP contribution in [0.5, 0.6) is 5.88 Å². The summed E-state index contributed by atoms with van der Waals surface area (Å²) in [6.45, 7) is 13.9. The van der Waals surface area contributed by atoms with Crippen LogP contribution in [0.25, 0.3) is 11.4 Å². The fourth-order valence-corrected chi connectivity index (χ4v) is 5.21. The van der Waals surface area contributed by atoms with E-state index in [0.29, 0.717) is 56.9 Å². The Morgan fingerprint density at radius 1 is 0.891 bits per heavy atom. The lowest BCUT2D eigenvalue weighted by atomic mass is 10.0. The molecular weight excluding hydrogens is 580 g/mol. The van der Waals surface area contributed by atoms with E-state index >= 15 is 0 Å². The van der Waals surface area contributed by atoms with Crippen molar-refractivity contribution in [3.63, 3.8) is 0 Å². The highest BCUT2D eigenvalue weighted by molar-refractivity contribution is 5.70. The van der Waals surface area contributed by atoms with Crippen LogP contribution in [-0.4, -0.2) is 64.4 Å². The van der Waals surface area contributed by atoms with E-state index in [1.165, 1.54) is 0 Å². The summed E-state index contributed by atoms with van der Waals surface area (Å²) in [5, 5.41) is 3.36. The molecule has 0 spiro atoms. The number of morpholine rings is 1. The van der Waals surface area contributed by atoms with Crippen molar-refractivity contribution in [2.45, 2.75) is 59.8 Å². The van der Waals surface area contributed by atoms with Gasteiger partial charge in [-0.05, 0) is 63.1 Å². The van der Waals surface area contributed by atoms with Gasteiger partial charge in [0.05, 0.1) is 25.5 Å². The Bertz CT molecular complexity index is 1580. The van der Waals surface area contributed by atoms with Crippen molar-refractivity contribution in [3.05, 3.63) is 89.6 Å². The zero-order chi connectivity index (χ0) is 32.5. The Hall–Kier alpha value is -4.70. The van der Waals surface area contributed by atoms with Gasteiger partial charge in [0.2, 0.25) is 5.88 Å². The van der Waals surface area contributed by atoms with Crippen molar-refractivity contribution in [2.24, 2.45) is 0 Å². The predicted molar refractivity (Wildman–Crippen MR) is 180 cm³/mol. The normalized spacial score (nSPS) is 14.5. The number of hydrogen-bond acceptors (Lipinski definition) is 9. The fraction of sp³-hybridized carbons (Fsp3) is 0.389. The van der Waals surface area contributed by atoms with E-state index in [1.807, 2.05) is 107 Å². The average molecular weight is 625 g/mol. The van der Waals surface area contributed by atoms with E-state index in [2.05, 4.69) is 15.2 Å². The summed E-state index contributed by atoms with van der Waals surface area (Å²) in [7, 11) is 0. The van der Waals surface area contributed by atoms with Crippen LogP contribution in [0.4, 0.5) is 22.1 Å². The number of pyridine rings is 1. The predicted octanol–water partition coefficient (Wildman–Crippen LogP) is 7.02. The maximum Gasteiger partial charge on any atom is 0.410 e. The lowest BCUT2D eigenvalue weighted by molar-refractivity contribution is 0.0220. The second-order valence-electron chi connectivity index (χ2n) is 11.9. The number of fused-ring (bicyclic) bond motifs is 1. The highest BCUT2D eigenvalue weighted by atomic mass is 16.6. The Morgan fingerprint density at radius 2 is 1.63 bits per heavy atom. The molecule has 10 heteroatoms. The summed E-state index contributed by atoms with van der Waals surface area (Å²) in [6, 6.07) is 23.6. The van der Waals surface area contributed by atoms with Crippen LogP contribution in [0, 0.1) is 0 Å². The first-order valence-corrected chi connectivity index (χ1v) is 16.0. The van der Waals surface area contributed by atoms with E-state index in [9.17, 15) is 4.79 Å². The van der Waals surface area contributed by atoms with Crippen LogP contribution in [0.15, 0.2) is 72.8 Å². The molecule has 4 heterocycles. The number of anilines is 3. The number of hydrogen-bond donors (Lipinski definition) is 1. The number of carbonyl (C=O) groups is 1. The van der Waals surface area contributed by atoms with E-state index in [1.54, 1.807) is 4.90 Å². The van der Waals surface area contributed by atoms with E-state index in [-0.39, 0.29) is 6.09 Å². The zero-order valence-electron chi connectivity index (χ0n) is 27.5. The molecule has 1 saturated heterocycles. The molecule has 2 aliphatic rings. The van der Waals surface area contributed by atoms with Crippen LogP contribution < -0.4 is 15.0 Å². The second kappa shape index (κ2) is 15.1.